The van der Waals surface area contributed by atoms with E-state index in [0.717, 1.165) is 24.2 Å². The van der Waals surface area contributed by atoms with Gasteiger partial charge in [-0.3, -0.25) is 14.5 Å². The lowest BCUT2D eigenvalue weighted by Crippen LogP contribution is -2.40. The predicted octanol–water partition coefficient (Wildman–Crippen LogP) is 4.37. The summed E-state index contributed by atoms with van der Waals surface area (Å²) in [6.45, 7) is 6.44. The summed E-state index contributed by atoms with van der Waals surface area (Å²) < 4.78 is 5.80. The maximum Gasteiger partial charge on any atom is 0.287 e. The third kappa shape index (κ3) is 4.31. The summed E-state index contributed by atoms with van der Waals surface area (Å²) in [6, 6.07) is 15.3. The zero-order valence-electron chi connectivity index (χ0n) is 17.6. The molecule has 1 amide bonds. The van der Waals surface area contributed by atoms with Crippen LogP contribution in [0.15, 0.2) is 57.7 Å². The van der Waals surface area contributed by atoms with Gasteiger partial charge in [-0.2, -0.15) is 0 Å². The van der Waals surface area contributed by atoms with Crippen LogP contribution < -0.4 is 10.7 Å². The Morgan fingerprint density at radius 3 is 2.47 bits per heavy atom. The molecular formula is C25H28N2O3. The molecule has 2 heterocycles. The molecule has 0 radical (unpaired) electrons. The van der Waals surface area contributed by atoms with Crippen LogP contribution in [0.2, 0.25) is 0 Å². The number of hydrogen-bond donors (Lipinski definition) is 1. The number of likely N-dealkylation sites (tertiary alicyclic amines) is 1. The van der Waals surface area contributed by atoms with E-state index in [1.165, 1.54) is 30.9 Å². The quantitative estimate of drug-likeness (QED) is 0.686. The highest BCUT2D eigenvalue weighted by Gasteiger charge is 2.23. The number of nitrogens with one attached hydrogen (secondary N) is 1. The first-order valence-corrected chi connectivity index (χ1v) is 10.7. The van der Waals surface area contributed by atoms with Crippen molar-refractivity contribution >= 4 is 16.9 Å². The minimum atomic E-state index is -0.356. The second-order valence-electron chi connectivity index (χ2n) is 8.14. The van der Waals surface area contributed by atoms with Crippen LogP contribution in [0.4, 0.5) is 0 Å². The third-order valence-electron chi connectivity index (χ3n) is 6.04. The Hall–Kier alpha value is -2.92. The van der Waals surface area contributed by atoms with E-state index in [1.807, 2.05) is 44.2 Å². The van der Waals surface area contributed by atoms with Gasteiger partial charge in [-0.05, 0) is 68.6 Å². The molecule has 1 saturated heterocycles. The number of nitrogens with zero attached hydrogens (tertiary/aromatic N) is 1. The van der Waals surface area contributed by atoms with Crippen molar-refractivity contribution in [3.8, 4) is 0 Å². The van der Waals surface area contributed by atoms with Crippen molar-refractivity contribution in [2.45, 2.75) is 39.2 Å². The van der Waals surface area contributed by atoms with E-state index in [4.69, 9.17) is 4.42 Å². The second-order valence-corrected chi connectivity index (χ2v) is 8.14. The topological polar surface area (TPSA) is 62.6 Å². The molecule has 1 aliphatic rings. The van der Waals surface area contributed by atoms with Crippen LogP contribution in [0.3, 0.4) is 0 Å². The molecule has 30 heavy (non-hydrogen) atoms. The van der Waals surface area contributed by atoms with Gasteiger partial charge < -0.3 is 9.73 Å². The number of carbonyl (C=O) groups excluding carboxylic acids is 1. The average molecular weight is 405 g/mol. The summed E-state index contributed by atoms with van der Waals surface area (Å²) in [4.78, 5) is 27.8. The van der Waals surface area contributed by atoms with Crippen LogP contribution in [0.1, 0.15) is 52.5 Å². The molecule has 156 valence electrons. The summed E-state index contributed by atoms with van der Waals surface area (Å²) in [5, 5.41) is 3.50. The molecule has 4 rings (SSSR count). The van der Waals surface area contributed by atoms with Crippen molar-refractivity contribution in [1.29, 1.82) is 0 Å². The normalized spacial score (nSPS) is 15.8. The van der Waals surface area contributed by atoms with Crippen LogP contribution in [0.25, 0.3) is 11.0 Å². The lowest BCUT2D eigenvalue weighted by atomic mass is 10.0. The first kappa shape index (κ1) is 20.4. The van der Waals surface area contributed by atoms with Crippen molar-refractivity contribution in [3.05, 3.63) is 81.2 Å². The molecule has 0 bridgehead atoms. The number of aryl methyl sites for hydroxylation is 2. The first-order valence-electron chi connectivity index (χ1n) is 10.7. The number of fused-ring (bicyclic) bond motifs is 1. The maximum absolute atomic E-state index is 12.8. The second kappa shape index (κ2) is 8.84. The van der Waals surface area contributed by atoms with E-state index in [1.54, 1.807) is 0 Å². The number of amides is 1. The lowest BCUT2D eigenvalue weighted by Gasteiger charge is -2.35. The highest BCUT2D eigenvalue weighted by Crippen LogP contribution is 2.24. The molecular weight excluding hydrogens is 376 g/mol. The number of hydrogen-bond acceptors (Lipinski definition) is 4. The van der Waals surface area contributed by atoms with Gasteiger partial charge in [-0.15, -0.1) is 0 Å². The Morgan fingerprint density at radius 1 is 1.03 bits per heavy atom. The van der Waals surface area contributed by atoms with Crippen LogP contribution in [-0.4, -0.2) is 30.4 Å². The van der Waals surface area contributed by atoms with Crippen LogP contribution >= 0.6 is 0 Å². The molecule has 5 nitrogen and oxygen atoms in total. The third-order valence-corrected chi connectivity index (χ3v) is 6.04. The van der Waals surface area contributed by atoms with E-state index in [0.29, 0.717) is 17.5 Å². The number of piperidine rings is 1. The summed E-state index contributed by atoms with van der Waals surface area (Å²) in [5.41, 5.74) is 3.49. The van der Waals surface area contributed by atoms with E-state index >= 15 is 0 Å². The van der Waals surface area contributed by atoms with Gasteiger partial charge >= 0.3 is 0 Å². The molecule has 1 aliphatic heterocycles. The van der Waals surface area contributed by atoms with Gasteiger partial charge in [-0.25, -0.2) is 0 Å². The van der Waals surface area contributed by atoms with Gasteiger partial charge in [0, 0.05) is 12.6 Å². The van der Waals surface area contributed by atoms with Crippen LogP contribution in [0.5, 0.6) is 0 Å². The minimum Gasteiger partial charge on any atom is -0.451 e. The molecule has 1 atom stereocenters. The minimum absolute atomic E-state index is 0.0567. The zero-order valence-corrected chi connectivity index (χ0v) is 17.6. The van der Waals surface area contributed by atoms with Gasteiger partial charge in [-0.1, -0.05) is 36.8 Å². The summed E-state index contributed by atoms with van der Waals surface area (Å²) in [5.74, 6) is -0.300. The molecule has 5 heteroatoms. The SMILES string of the molecule is Cc1cc2oc(C(=O)NCC(c3ccccc3)N3CCCCC3)cc(=O)c2cc1C. The molecule has 0 saturated carbocycles. The van der Waals surface area contributed by atoms with Crippen molar-refractivity contribution in [2.24, 2.45) is 0 Å². The van der Waals surface area contributed by atoms with Gasteiger partial charge in [0.05, 0.1) is 11.4 Å². The van der Waals surface area contributed by atoms with Gasteiger partial charge in [0.1, 0.15) is 5.58 Å². The van der Waals surface area contributed by atoms with Crippen molar-refractivity contribution in [1.82, 2.24) is 10.2 Å². The molecule has 1 aromatic heterocycles. The molecule has 1 unspecified atom stereocenters. The smallest absolute Gasteiger partial charge is 0.287 e. The lowest BCUT2D eigenvalue weighted by molar-refractivity contribution is 0.0897. The largest absolute Gasteiger partial charge is 0.451 e. The Kier molecular flexibility index (Phi) is 6.00. The number of carbonyl (C=O) groups is 1. The molecule has 2 aromatic carbocycles. The molecule has 1 N–H and O–H groups in total. The average Bonchev–Trinajstić information content (AvgIpc) is 2.76. The fourth-order valence-corrected chi connectivity index (χ4v) is 4.16. The molecule has 3 aromatic rings. The Labute approximate surface area is 176 Å². The van der Waals surface area contributed by atoms with Crippen molar-refractivity contribution in [3.63, 3.8) is 0 Å². The Balaban J connectivity index is 1.56. The Bertz CT molecular complexity index is 1100. The van der Waals surface area contributed by atoms with Crippen molar-refractivity contribution < 1.29 is 9.21 Å². The van der Waals surface area contributed by atoms with E-state index in [9.17, 15) is 9.59 Å². The van der Waals surface area contributed by atoms with Crippen LogP contribution in [-0.2, 0) is 0 Å². The molecule has 1 fully saturated rings. The van der Waals surface area contributed by atoms with E-state index in [2.05, 4.69) is 22.3 Å². The molecule has 0 spiro atoms. The fraction of sp³-hybridized carbons (Fsp3) is 0.360. The number of benzene rings is 2. The van der Waals surface area contributed by atoms with Gasteiger partial charge in [0.15, 0.2) is 11.2 Å². The predicted molar refractivity (Wildman–Crippen MR) is 119 cm³/mol. The van der Waals surface area contributed by atoms with Crippen molar-refractivity contribution in [2.75, 3.05) is 19.6 Å². The fourth-order valence-electron chi connectivity index (χ4n) is 4.16. The summed E-state index contributed by atoms with van der Waals surface area (Å²) in [7, 11) is 0. The van der Waals surface area contributed by atoms with E-state index in [-0.39, 0.29) is 23.1 Å². The van der Waals surface area contributed by atoms with E-state index < -0.39 is 0 Å². The monoisotopic (exact) mass is 404 g/mol. The molecule has 0 aliphatic carbocycles. The van der Waals surface area contributed by atoms with Gasteiger partial charge in [0.25, 0.3) is 5.91 Å². The van der Waals surface area contributed by atoms with Gasteiger partial charge in [0.2, 0.25) is 0 Å². The van der Waals surface area contributed by atoms with Crippen LogP contribution in [0, 0.1) is 13.8 Å². The zero-order chi connectivity index (χ0) is 21.1. The standard InChI is InChI=1S/C25H28N2O3/c1-17-13-20-22(28)15-24(30-23(20)14-18(17)2)25(29)26-16-21(19-9-5-3-6-10-19)27-11-7-4-8-12-27/h3,5-6,9-10,13-15,21H,4,7-8,11-12,16H2,1-2H3,(H,26,29). The first-order chi connectivity index (χ1) is 14.5. The highest BCUT2D eigenvalue weighted by atomic mass is 16.3. The Morgan fingerprint density at radius 2 is 1.73 bits per heavy atom. The number of rotatable bonds is 5. The highest BCUT2D eigenvalue weighted by molar-refractivity contribution is 5.93. The maximum atomic E-state index is 12.8. The summed E-state index contributed by atoms with van der Waals surface area (Å²) >= 11 is 0. The summed E-state index contributed by atoms with van der Waals surface area (Å²) in [6.07, 6.45) is 3.61.